The number of hydrogen-bond donors (Lipinski definition) is 0. The van der Waals surface area contributed by atoms with Crippen molar-refractivity contribution in [3.63, 3.8) is 0 Å². The second-order valence-electron chi connectivity index (χ2n) is 3.27. The molecule has 0 spiro atoms. The van der Waals surface area contributed by atoms with Crippen LogP contribution in [0.4, 0.5) is 0 Å². The minimum Gasteiger partial charge on any atom is -0.255 e. The molecule has 0 radical (unpaired) electrons. The third-order valence-corrected chi connectivity index (χ3v) is 2.79. The van der Waals surface area contributed by atoms with Gasteiger partial charge in [-0.1, -0.05) is 24.8 Å². The number of aryl methyl sites for hydroxylation is 1. The molecule has 0 aliphatic carbocycles. The molecule has 0 N–H and O–H groups in total. The van der Waals surface area contributed by atoms with Gasteiger partial charge >= 0.3 is 0 Å². The highest BCUT2D eigenvalue weighted by Crippen LogP contribution is 2.13. The Balaban J connectivity index is 2.29. The summed E-state index contributed by atoms with van der Waals surface area (Å²) in [7, 11) is 0. The number of thioether (sulfide) groups is 1. The minimum absolute atomic E-state index is 0.786. The first kappa shape index (κ1) is 11.8. The molecule has 0 saturated carbocycles. The maximum atomic E-state index is 4.36. The molecule has 0 unspecified atom stereocenters. The summed E-state index contributed by atoms with van der Waals surface area (Å²) in [4.78, 5) is 4.18. The van der Waals surface area contributed by atoms with Gasteiger partial charge in [0.1, 0.15) is 0 Å². The standard InChI is InChI=1S/C11H13N5S/c1-3-10-14-15-11(17-2)16(10)13-8-9-6-4-5-7-12-9/h4-8H,3H2,1-2H3/b13-8-. The number of hydrogen-bond acceptors (Lipinski definition) is 5. The van der Waals surface area contributed by atoms with E-state index in [0.29, 0.717) is 0 Å². The van der Waals surface area contributed by atoms with Gasteiger partial charge in [0.05, 0.1) is 11.9 Å². The van der Waals surface area contributed by atoms with Crippen molar-refractivity contribution in [2.24, 2.45) is 5.10 Å². The fourth-order valence-electron chi connectivity index (χ4n) is 1.33. The van der Waals surface area contributed by atoms with Crippen LogP contribution in [0.3, 0.4) is 0 Å². The Morgan fingerprint density at radius 2 is 2.29 bits per heavy atom. The third kappa shape index (κ3) is 2.71. The van der Waals surface area contributed by atoms with Crippen LogP contribution in [0.2, 0.25) is 0 Å². The van der Waals surface area contributed by atoms with Crippen LogP contribution in [0.1, 0.15) is 18.4 Å². The summed E-state index contributed by atoms with van der Waals surface area (Å²) in [5.41, 5.74) is 0.815. The summed E-state index contributed by atoms with van der Waals surface area (Å²) in [6.07, 6.45) is 6.20. The SMILES string of the molecule is CCc1nnc(SC)n1/N=C\c1ccccn1. The summed E-state index contributed by atoms with van der Waals surface area (Å²) >= 11 is 1.52. The Morgan fingerprint density at radius 3 is 2.94 bits per heavy atom. The van der Waals surface area contributed by atoms with E-state index < -0.39 is 0 Å². The first-order valence-corrected chi connectivity index (χ1v) is 6.51. The molecule has 0 atom stereocenters. The largest absolute Gasteiger partial charge is 0.255 e. The highest BCUT2D eigenvalue weighted by atomic mass is 32.2. The molecule has 0 bridgehead atoms. The summed E-state index contributed by atoms with van der Waals surface area (Å²) in [6, 6.07) is 5.70. The van der Waals surface area contributed by atoms with E-state index >= 15 is 0 Å². The Bertz CT molecular complexity index is 484. The van der Waals surface area contributed by atoms with Crippen LogP contribution in [0, 0.1) is 0 Å². The van der Waals surface area contributed by atoms with E-state index in [1.54, 1.807) is 17.1 Å². The van der Waals surface area contributed by atoms with Crippen molar-refractivity contribution in [3.05, 3.63) is 35.9 Å². The first-order chi connectivity index (χ1) is 8.35. The second-order valence-corrected chi connectivity index (χ2v) is 4.04. The molecular weight excluding hydrogens is 234 g/mol. The lowest BCUT2D eigenvalue weighted by molar-refractivity contribution is 0.723. The van der Waals surface area contributed by atoms with Gasteiger partial charge < -0.3 is 0 Å². The lowest BCUT2D eigenvalue weighted by Crippen LogP contribution is -1.99. The molecular formula is C11H13N5S. The monoisotopic (exact) mass is 247 g/mol. The normalized spacial score (nSPS) is 11.2. The van der Waals surface area contributed by atoms with Gasteiger partial charge in [0.2, 0.25) is 5.16 Å². The minimum atomic E-state index is 0.786. The van der Waals surface area contributed by atoms with Crippen LogP contribution in [-0.4, -0.2) is 32.3 Å². The average molecular weight is 247 g/mol. The smallest absolute Gasteiger partial charge is 0.211 e. The molecule has 2 rings (SSSR count). The molecule has 0 aliphatic heterocycles. The maximum Gasteiger partial charge on any atom is 0.211 e. The molecule has 5 nitrogen and oxygen atoms in total. The van der Waals surface area contributed by atoms with Crippen molar-refractivity contribution in [1.29, 1.82) is 0 Å². The Labute approximate surface area is 104 Å². The molecule has 0 fully saturated rings. The second kappa shape index (κ2) is 5.58. The number of nitrogens with zero attached hydrogens (tertiary/aromatic N) is 5. The Kier molecular flexibility index (Phi) is 3.87. The third-order valence-electron chi connectivity index (χ3n) is 2.17. The van der Waals surface area contributed by atoms with Crippen molar-refractivity contribution >= 4 is 18.0 Å². The van der Waals surface area contributed by atoms with Crippen LogP contribution in [0.25, 0.3) is 0 Å². The van der Waals surface area contributed by atoms with Crippen molar-refractivity contribution < 1.29 is 0 Å². The number of pyridine rings is 1. The van der Waals surface area contributed by atoms with Crippen molar-refractivity contribution in [3.8, 4) is 0 Å². The van der Waals surface area contributed by atoms with Gasteiger partial charge in [-0.2, -0.15) is 9.78 Å². The predicted octanol–water partition coefficient (Wildman–Crippen LogP) is 1.84. The lowest BCUT2D eigenvalue weighted by Gasteiger charge is -1.99. The first-order valence-electron chi connectivity index (χ1n) is 5.28. The molecule has 0 aromatic carbocycles. The van der Waals surface area contributed by atoms with Crippen LogP contribution >= 0.6 is 11.8 Å². The zero-order chi connectivity index (χ0) is 12.1. The van der Waals surface area contributed by atoms with E-state index in [0.717, 1.165) is 23.1 Å². The number of rotatable bonds is 4. The molecule has 0 aliphatic rings. The van der Waals surface area contributed by atoms with Crippen LogP contribution in [0.15, 0.2) is 34.7 Å². The molecule has 17 heavy (non-hydrogen) atoms. The van der Waals surface area contributed by atoms with Gasteiger partial charge in [-0.3, -0.25) is 4.98 Å². The van der Waals surface area contributed by atoms with Gasteiger partial charge in [0.15, 0.2) is 5.82 Å². The molecule has 2 aromatic rings. The van der Waals surface area contributed by atoms with E-state index in [9.17, 15) is 0 Å². The van der Waals surface area contributed by atoms with E-state index in [1.807, 2.05) is 31.4 Å². The quantitative estimate of drug-likeness (QED) is 0.611. The fourth-order valence-corrected chi connectivity index (χ4v) is 1.78. The van der Waals surface area contributed by atoms with Crippen LogP contribution in [0.5, 0.6) is 0 Å². The van der Waals surface area contributed by atoms with Crippen LogP contribution in [-0.2, 0) is 6.42 Å². The molecule has 2 aromatic heterocycles. The zero-order valence-electron chi connectivity index (χ0n) is 9.74. The maximum absolute atomic E-state index is 4.36. The van der Waals surface area contributed by atoms with E-state index in [1.165, 1.54) is 11.8 Å². The highest BCUT2D eigenvalue weighted by molar-refractivity contribution is 7.98. The van der Waals surface area contributed by atoms with Gasteiger partial charge in [0, 0.05) is 12.6 Å². The Hall–Kier alpha value is -1.69. The average Bonchev–Trinajstić information content (AvgIpc) is 2.79. The van der Waals surface area contributed by atoms with E-state index in [-0.39, 0.29) is 0 Å². The topological polar surface area (TPSA) is 56.0 Å². The summed E-state index contributed by atoms with van der Waals surface area (Å²) in [5.74, 6) is 0.849. The van der Waals surface area contributed by atoms with Crippen molar-refractivity contribution in [2.45, 2.75) is 18.5 Å². The Morgan fingerprint density at radius 1 is 1.41 bits per heavy atom. The molecule has 6 heteroatoms. The summed E-state index contributed by atoms with van der Waals surface area (Å²) in [6.45, 7) is 2.03. The van der Waals surface area contributed by atoms with E-state index in [4.69, 9.17) is 0 Å². The van der Waals surface area contributed by atoms with Crippen molar-refractivity contribution in [1.82, 2.24) is 19.9 Å². The lowest BCUT2D eigenvalue weighted by atomic mass is 10.4. The summed E-state index contributed by atoms with van der Waals surface area (Å²) < 4.78 is 1.75. The molecule has 0 saturated heterocycles. The fraction of sp³-hybridized carbons (Fsp3) is 0.273. The highest BCUT2D eigenvalue weighted by Gasteiger charge is 2.07. The molecule has 88 valence electrons. The zero-order valence-corrected chi connectivity index (χ0v) is 10.6. The van der Waals surface area contributed by atoms with Crippen LogP contribution < -0.4 is 0 Å². The molecule has 2 heterocycles. The van der Waals surface area contributed by atoms with Gasteiger partial charge in [0.25, 0.3) is 0 Å². The van der Waals surface area contributed by atoms with Gasteiger partial charge in [-0.15, -0.1) is 10.2 Å². The molecule has 0 amide bonds. The van der Waals surface area contributed by atoms with E-state index in [2.05, 4.69) is 20.3 Å². The number of aromatic nitrogens is 4. The van der Waals surface area contributed by atoms with Crippen molar-refractivity contribution in [2.75, 3.05) is 6.26 Å². The summed E-state index contributed by atoms with van der Waals surface area (Å²) in [5, 5.41) is 13.3. The van der Waals surface area contributed by atoms with Gasteiger partial charge in [-0.25, -0.2) is 0 Å². The predicted molar refractivity (Wildman–Crippen MR) is 68.4 cm³/mol. The van der Waals surface area contributed by atoms with Gasteiger partial charge in [-0.05, 0) is 18.4 Å².